The lowest BCUT2D eigenvalue weighted by Crippen LogP contribution is -2.47. The lowest BCUT2D eigenvalue weighted by Gasteiger charge is -2.42. The lowest BCUT2D eigenvalue weighted by atomic mass is 9.74. The molecule has 0 unspecified atom stereocenters. The summed E-state index contributed by atoms with van der Waals surface area (Å²) >= 11 is 12.7. The number of hydrogen-bond donors (Lipinski definition) is 1. The number of nitrogens with zero attached hydrogens (tertiary/aromatic N) is 4. The fourth-order valence-corrected chi connectivity index (χ4v) is 5.48. The minimum atomic E-state index is 0.317. The summed E-state index contributed by atoms with van der Waals surface area (Å²) in [6.45, 7) is 1.92. The normalized spacial score (nSPS) is 21.2. The molecule has 0 radical (unpaired) electrons. The maximum Gasteiger partial charge on any atom is 0.139 e. The summed E-state index contributed by atoms with van der Waals surface area (Å²) in [5, 5.41) is 1.97. The first-order valence-electron chi connectivity index (χ1n) is 10.1. The van der Waals surface area contributed by atoms with Crippen molar-refractivity contribution in [2.24, 2.45) is 11.1 Å². The lowest BCUT2D eigenvalue weighted by molar-refractivity contribution is 0.197. The molecule has 1 atom stereocenters. The molecular weight excluding hydrogens is 405 g/mol. The number of halogens is 2. The average Bonchev–Trinajstić information content (AvgIpc) is 3.10. The van der Waals surface area contributed by atoms with Crippen LogP contribution in [-0.2, 0) is 0 Å². The van der Waals surface area contributed by atoms with E-state index in [2.05, 4.69) is 14.9 Å². The Morgan fingerprint density at radius 1 is 1.03 bits per heavy atom. The summed E-state index contributed by atoms with van der Waals surface area (Å²) in [5.41, 5.74) is 9.30. The molecule has 5 nitrogen and oxygen atoms in total. The van der Waals surface area contributed by atoms with E-state index in [0.29, 0.717) is 21.5 Å². The van der Waals surface area contributed by atoms with Gasteiger partial charge in [0.2, 0.25) is 0 Å². The van der Waals surface area contributed by atoms with Crippen LogP contribution in [0.1, 0.15) is 32.1 Å². The molecule has 2 N–H and O–H groups in total. The van der Waals surface area contributed by atoms with Crippen LogP contribution in [-0.4, -0.2) is 34.1 Å². The molecule has 0 bridgehead atoms. The maximum absolute atomic E-state index is 6.47. The molecule has 0 amide bonds. The largest absolute Gasteiger partial charge is 0.356 e. The van der Waals surface area contributed by atoms with Crippen LogP contribution in [0.3, 0.4) is 0 Å². The molecule has 1 saturated carbocycles. The van der Waals surface area contributed by atoms with Crippen molar-refractivity contribution in [3.8, 4) is 11.1 Å². The Balaban J connectivity index is 1.53. The molecule has 2 aliphatic rings. The first-order chi connectivity index (χ1) is 14.1. The van der Waals surface area contributed by atoms with Crippen molar-refractivity contribution in [3.05, 3.63) is 47.0 Å². The Morgan fingerprint density at radius 2 is 1.86 bits per heavy atom. The zero-order valence-electron chi connectivity index (χ0n) is 16.1. The third-order valence-corrected chi connectivity index (χ3v) is 7.62. The van der Waals surface area contributed by atoms with Crippen molar-refractivity contribution in [2.75, 3.05) is 18.0 Å². The molecule has 29 heavy (non-hydrogen) atoms. The molecule has 1 aliphatic carbocycles. The monoisotopic (exact) mass is 427 g/mol. The predicted molar refractivity (Wildman–Crippen MR) is 118 cm³/mol. The topological polar surface area (TPSA) is 67.9 Å². The van der Waals surface area contributed by atoms with Crippen molar-refractivity contribution in [3.63, 3.8) is 0 Å². The van der Waals surface area contributed by atoms with Crippen molar-refractivity contribution in [1.29, 1.82) is 0 Å². The molecule has 1 aromatic carbocycles. The van der Waals surface area contributed by atoms with Crippen LogP contribution >= 0.6 is 23.2 Å². The minimum Gasteiger partial charge on any atom is -0.356 e. The molecule has 7 heteroatoms. The number of aromatic nitrogens is 3. The molecule has 3 heterocycles. The van der Waals surface area contributed by atoms with Gasteiger partial charge >= 0.3 is 0 Å². The highest BCUT2D eigenvalue weighted by molar-refractivity contribution is 6.43. The van der Waals surface area contributed by atoms with Gasteiger partial charge in [-0.25, -0.2) is 15.0 Å². The van der Waals surface area contributed by atoms with Crippen LogP contribution in [0.25, 0.3) is 22.0 Å². The molecule has 2 fully saturated rings. The quantitative estimate of drug-likeness (QED) is 0.616. The van der Waals surface area contributed by atoms with Gasteiger partial charge in [0.1, 0.15) is 12.1 Å². The van der Waals surface area contributed by atoms with Crippen LogP contribution in [0, 0.1) is 5.41 Å². The van der Waals surface area contributed by atoms with Gasteiger partial charge in [-0.3, -0.25) is 0 Å². The van der Waals surface area contributed by atoms with Crippen LogP contribution < -0.4 is 10.6 Å². The van der Waals surface area contributed by atoms with Gasteiger partial charge in [0.15, 0.2) is 0 Å². The van der Waals surface area contributed by atoms with Gasteiger partial charge in [-0.15, -0.1) is 0 Å². The van der Waals surface area contributed by atoms with Crippen LogP contribution in [0.5, 0.6) is 0 Å². The maximum atomic E-state index is 6.47. The number of piperidine rings is 1. The Hall–Kier alpha value is -1.95. The van der Waals surface area contributed by atoms with Gasteiger partial charge in [-0.2, -0.15) is 0 Å². The Morgan fingerprint density at radius 3 is 2.62 bits per heavy atom. The first-order valence-corrected chi connectivity index (χ1v) is 10.9. The van der Waals surface area contributed by atoms with Crippen LogP contribution in [0.2, 0.25) is 10.0 Å². The van der Waals surface area contributed by atoms with Crippen LogP contribution in [0.4, 0.5) is 5.82 Å². The van der Waals surface area contributed by atoms with Crippen molar-refractivity contribution >= 4 is 39.9 Å². The van der Waals surface area contributed by atoms with E-state index < -0.39 is 0 Å². The second kappa shape index (κ2) is 7.38. The number of pyridine rings is 1. The molecule has 1 spiro atoms. The average molecular weight is 428 g/mol. The van der Waals surface area contributed by atoms with Gasteiger partial charge in [0.05, 0.1) is 20.9 Å². The number of nitrogens with two attached hydrogens (primary N) is 1. The first kappa shape index (κ1) is 19.0. The van der Waals surface area contributed by atoms with Crippen LogP contribution in [0.15, 0.2) is 36.9 Å². The van der Waals surface area contributed by atoms with E-state index in [0.717, 1.165) is 60.2 Å². The zero-order chi connectivity index (χ0) is 20.0. The second-order valence-corrected chi connectivity index (χ2v) is 9.02. The Labute approximate surface area is 180 Å². The fraction of sp³-hybridized carbons (Fsp3) is 0.409. The number of hydrogen-bond acceptors (Lipinski definition) is 5. The smallest absolute Gasteiger partial charge is 0.139 e. The molecule has 1 aliphatic heterocycles. The Bertz CT molecular complexity index is 1060. The molecular formula is C22H23Cl2N5. The highest BCUT2D eigenvalue weighted by Gasteiger charge is 2.43. The second-order valence-electron chi connectivity index (χ2n) is 8.23. The van der Waals surface area contributed by atoms with Crippen molar-refractivity contribution in [1.82, 2.24) is 15.0 Å². The van der Waals surface area contributed by atoms with Gasteiger partial charge in [-0.05, 0) is 37.2 Å². The van der Waals surface area contributed by atoms with Gasteiger partial charge in [-0.1, -0.05) is 41.8 Å². The number of benzene rings is 1. The number of fused-ring (bicyclic) bond motifs is 1. The summed E-state index contributed by atoms with van der Waals surface area (Å²) in [6.07, 6.45) is 11.2. The van der Waals surface area contributed by atoms with E-state index in [1.165, 1.54) is 12.8 Å². The molecule has 150 valence electrons. The third-order valence-electron chi connectivity index (χ3n) is 6.80. The van der Waals surface area contributed by atoms with E-state index in [-0.39, 0.29) is 0 Å². The molecule has 3 aromatic rings. The highest BCUT2D eigenvalue weighted by atomic mass is 35.5. The number of rotatable bonds is 2. The summed E-state index contributed by atoms with van der Waals surface area (Å²) < 4.78 is 0. The van der Waals surface area contributed by atoms with Gasteiger partial charge in [0.25, 0.3) is 0 Å². The van der Waals surface area contributed by atoms with E-state index >= 15 is 0 Å². The fourth-order valence-electron chi connectivity index (χ4n) is 5.08. The molecule has 5 rings (SSSR count). The molecule has 1 saturated heterocycles. The summed E-state index contributed by atoms with van der Waals surface area (Å²) in [6, 6.07) is 5.95. The standard InChI is InChI=1S/C22H23Cl2N5/c23-17-4-1-3-14(19(17)24)15-12-27-21(16-11-26-13-28-20(15)16)29-9-7-22(8-10-29)6-2-5-18(22)25/h1,3-4,11-13,18H,2,5-10,25H2/t18-/m0/s1. The van der Waals surface area contributed by atoms with E-state index in [4.69, 9.17) is 33.9 Å². The summed E-state index contributed by atoms with van der Waals surface area (Å²) in [7, 11) is 0. The van der Waals surface area contributed by atoms with Gasteiger partial charge < -0.3 is 10.6 Å². The van der Waals surface area contributed by atoms with E-state index in [1.54, 1.807) is 12.4 Å². The SMILES string of the molecule is N[C@H]1CCCC12CCN(c1ncc(-c3cccc(Cl)c3Cl)c3ncncc13)CC2. The van der Waals surface area contributed by atoms with E-state index in [9.17, 15) is 0 Å². The summed E-state index contributed by atoms with van der Waals surface area (Å²) in [4.78, 5) is 16.0. The molecule has 2 aromatic heterocycles. The third kappa shape index (κ3) is 3.16. The highest BCUT2D eigenvalue weighted by Crippen LogP contribution is 2.46. The van der Waals surface area contributed by atoms with Crippen molar-refractivity contribution < 1.29 is 0 Å². The van der Waals surface area contributed by atoms with Gasteiger partial charge in [0, 0.05) is 42.7 Å². The predicted octanol–water partition coefficient (Wildman–Crippen LogP) is 5.10. The zero-order valence-corrected chi connectivity index (χ0v) is 17.6. The van der Waals surface area contributed by atoms with Crippen molar-refractivity contribution in [2.45, 2.75) is 38.1 Å². The Kier molecular flexibility index (Phi) is 4.85. The summed E-state index contributed by atoms with van der Waals surface area (Å²) in [5.74, 6) is 0.934. The number of anilines is 1. The minimum absolute atomic E-state index is 0.317. The van der Waals surface area contributed by atoms with E-state index in [1.807, 2.05) is 24.5 Å².